The van der Waals surface area contributed by atoms with Crippen LogP contribution in [-0.2, 0) is 16.8 Å². The molecule has 1 unspecified atom stereocenters. The van der Waals surface area contributed by atoms with Crippen molar-refractivity contribution in [3.05, 3.63) is 58.1 Å². The summed E-state index contributed by atoms with van der Waals surface area (Å²) >= 11 is 0. The fourth-order valence-electron chi connectivity index (χ4n) is 4.62. The van der Waals surface area contributed by atoms with E-state index >= 15 is 0 Å². The summed E-state index contributed by atoms with van der Waals surface area (Å²) in [6.07, 6.45) is 0.417. The summed E-state index contributed by atoms with van der Waals surface area (Å²) in [6.45, 7) is 10.5. The monoisotopic (exact) mass is 558 g/mol. The molecular formula is C29H39ClN4O5. The van der Waals surface area contributed by atoms with Crippen molar-refractivity contribution in [1.82, 2.24) is 10.2 Å². The highest BCUT2D eigenvalue weighted by Gasteiger charge is 2.30. The lowest BCUT2D eigenvalue weighted by Crippen LogP contribution is -2.38. The van der Waals surface area contributed by atoms with Gasteiger partial charge >= 0.3 is 5.97 Å². The fourth-order valence-corrected chi connectivity index (χ4v) is 4.62. The van der Waals surface area contributed by atoms with E-state index < -0.39 is 12.0 Å². The molecule has 1 atom stereocenters. The van der Waals surface area contributed by atoms with E-state index in [1.54, 1.807) is 35.0 Å². The number of nitrogens with one attached hydrogen (secondary N) is 2. The molecule has 0 saturated carbocycles. The lowest BCUT2D eigenvalue weighted by atomic mass is 9.85. The number of Topliss-reactive ketones (excluding diaryl/α,β-unsaturated/α-hetero) is 1. The number of benzene rings is 2. The van der Waals surface area contributed by atoms with Gasteiger partial charge in [0.1, 0.15) is 17.6 Å². The van der Waals surface area contributed by atoms with Gasteiger partial charge in [-0.3, -0.25) is 15.0 Å². The first-order valence-corrected chi connectivity index (χ1v) is 12.8. The van der Waals surface area contributed by atoms with Crippen molar-refractivity contribution in [2.75, 3.05) is 32.1 Å². The Hall–Kier alpha value is -3.59. The highest BCUT2D eigenvalue weighted by molar-refractivity contribution is 6.07. The van der Waals surface area contributed by atoms with Gasteiger partial charge in [-0.25, -0.2) is 4.79 Å². The van der Waals surface area contributed by atoms with Gasteiger partial charge in [0.2, 0.25) is 0 Å². The number of fused-ring (bicyclic) bond motifs is 1. The van der Waals surface area contributed by atoms with Gasteiger partial charge in [0, 0.05) is 37.5 Å². The first-order valence-electron chi connectivity index (χ1n) is 12.8. The number of hydrogen-bond acceptors (Lipinski definition) is 6. The van der Waals surface area contributed by atoms with E-state index in [1.165, 1.54) is 7.05 Å². The van der Waals surface area contributed by atoms with Crippen LogP contribution in [0.5, 0.6) is 5.75 Å². The van der Waals surface area contributed by atoms with Crippen LogP contribution in [0.1, 0.15) is 78.4 Å². The lowest BCUT2D eigenvalue weighted by Gasteiger charge is -2.29. The van der Waals surface area contributed by atoms with Gasteiger partial charge in [-0.2, -0.15) is 0 Å². The molecule has 0 radical (unpaired) electrons. The molecule has 0 saturated heterocycles. The number of carbonyl (C=O) groups excluding carboxylic acids is 2. The highest BCUT2D eigenvalue weighted by atomic mass is 35.5. The standard InChI is InChI=1S/C29H38N4O5.ClH/c1-8-23(28(36)37)32(7)20-11-17(10-19(13-20)29(3,4)5)24(34)16-33-15-18-12-25(38-9-2)22(27(35)31-6)14-21(18)26(33)30;/h10-14,23,30H,8-9,15-16H2,1-7H3,(H,31,35)(H,36,37);1H. The summed E-state index contributed by atoms with van der Waals surface area (Å²) in [5.74, 6) is -0.789. The molecule has 39 heavy (non-hydrogen) atoms. The lowest BCUT2D eigenvalue weighted by molar-refractivity contribution is -0.138. The molecule has 0 fully saturated rings. The Balaban J connectivity index is 0.00000533. The number of likely N-dealkylation sites (N-methyl/N-ethyl adjacent to an activating group) is 1. The zero-order valence-electron chi connectivity index (χ0n) is 23.7. The Morgan fingerprint density at radius 1 is 1.15 bits per heavy atom. The minimum Gasteiger partial charge on any atom is -0.493 e. The third kappa shape index (κ3) is 6.71. The number of hydrogen-bond donors (Lipinski definition) is 3. The van der Waals surface area contributed by atoms with Gasteiger partial charge in [0.15, 0.2) is 5.78 Å². The zero-order chi connectivity index (χ0) is 28.4. The Morgan fingerprint density at radius 2 is 1.82 bits per heavy atom. The number of ketones is 1. The predicted molar refractivity (Wildman–Crippen MR) is 155 cm³/mol. The van der Waals surface area contributed by atoms with Gasteiger partial charge in [-0.15, -0.1) is 12.4 Å². The Morgan fingerprint density at radius 3 is 2.36 bits per heavy atom. The Kier molecular flexibility index (Phi) is 10.1. The third-order valence-electron chi connectivity index (χ3n) is 6.90. The van der Waals surface area contributed by atoms with Gasteiger partial charge in [0.25, 0.3) is 5.91 Å². The van der Waals surface area contributed by atoms with E-state index in [2.05, 4.69) is 5.32 Å². The largest absolute Gasteiger partial charge is 0.493 e. The third-order valence-corrected chi connectivity index (χ3v) is 6.90. The first-order chi connectivity index (χ1) is 17.8. The predicted octanol–water partition coefficient (Wildman–Crippen LogP) is 4.49. The van der Waals surface area contributed by atoms with Crippen molar-refractivity contribution in [2.24, 2.45) is 0 Å². The van der Waals surface area contributed by atoms with Crippen molar-refractivity contribution in [2.45, 2.75) is 59.0 Å². The quantitative estimate of drug-likeness (QED) is 0.367. The minimum absolute atomic E-state index is 0. The maximum absolute atomic E-state index is 13.6. The molecule has 2 aromatic carbocycles. The number of amidine groups is 1. The van der Waals surface area contributed by atoms with Crippen molar-refractivity contribution >= 4 is 41.6 Å². The highest BCUT2D eigenvalue weighted by Crippen LogP contribution is 2.32. The molecule has 2 aromatic rings. The topological polar surface area (TPSA) is 123 Å². The number of carbonyl (C=O) groups is 3. The van der Waals surface area contributed by atoms with Gasteiger partial charge in [0.05, 0.1) is 18.7 Å². The van der Waals surface area contributed by atoms with Crippen LogP contribution in [0.2, 0.25) is 0 Å². The van der Waals surface area contributed by atoms with Crippen molar-refractivity contribution in [1.29, 1.82) is 5.41 Å². The number of nitrogens with zero attached hydrogens (tertiary/aromatic N) is 2. The molecule has 1 amide bonds. The van der Waals surface area contributed by atoms with Crippen LogP contribution >= 0.6 is 12.4 Å². The SMILES string of the molecule is CCOc1cc2c(cc1C(=O)NC)C(=N)N(CC(=O)c1cc(N(C)C(CC)C(=O)O)cc(C(C)(C)C)c1)C2.Cl. The molecule has 1 heterocycles. The minimum atomic E-state index is -0.921. The molecule has 0 bridgehead atoms. The first kappa shape index (κ1) is 31.6. The van der Waals surface area contributed by atoms with E-state index in [1.807, 2.05) is 46.8 Å². The average molecular weight is 559 g/mol. The normalized spacial score (nSPS) is 13.3. The summed E-state index contributed by atoms with van der Waals surface area (Å²) < 4.78 is 5.67. The Labute approximate surface area is 236 Å². The molecule has 212 valence electrons. The summed E-state index contributed by atoms with van der Waals surface area (Å²) in [5, 5.41) is 21.0. The number of carboxylic acid groups (broad SMARTS) is 1. The molecule has 3 rings (SSSR count). The van der Waals surface area contributed by atoms with E-state index in [-0.39, 0.29) is 41.9 Å². The summed E-state index contributed by atoms with van der Waals surface area (Å²) in [7, 11) is 3.27. The molecule has 1 aliphatic heterocycles. The number of carboxylic acids is 1. The van der Waals surface area contributed by atoms with E-state index in [9.17, 15) is 19.5 Å². The maximum atomic E-state index is 13.6. The second-order valence-electron chi connectivity index (χ2n) is 10.5. The summed E-state index contributed by atoms with van der Waals surface area (Å²) in [4.78, 5) is 41.1. The van der Waals surface area contributed by atoms with Gasteiger partial charge < -0.3 is 25.0 Å². The fraction of sp³-hybridized carbons (Fsp3) is 0.448. The summed E-state index contributed by atoms with van der Waals surface area (Å²) in [6, 6.07) is 8.22. The molecule has 9 nitrogen and oxygen atoms in total. The van der Waals surface area contributed by atoms with Crippen molar-refractivity contribution in [3.63, 3.8) is 0 Å². The van der Waals surface area contributed by atoms with Crippen LogP contribution < -0.4 is 15.0 Å². The van der Waals surface area contributed by atoms with Gasteiger partial charge in [-0.1, -0.05) is 27.7 Å². The number of ether oxygens (including phenoxy) is 1. The molecule has 0 aromatic heterocycles. The van der Waals surface area contributed by atoms with E-state index in [0.29, 0.717) is 47.7 Å². The molecular weight excluding hydrogens is 520 g/mol. The Bertz CT molecular complexity index is 1270. The van der Waals surface area contributed by atoms with E-state index in [4.69, 9.17) is 10.1 Å². The molecule has 0 spiro atoms. The number of rotatable bonds is 10. The van der Waals surface area contributed by atoms with Crippen LogP contribution in [0.15, 0.2) is 30.3 Å². The van der Waals surface area contributed by atoms with Crippen molar-refractivity contribution < 1.29 is 24.2 Å². The molecule has 10 heteroatoms. The zero-order valence-corrected chi connectivity index (χ0v) is 24.5. The number of halogens is 1. The van der Waals surface area contributed by atoms with Gasteiger partial charge in [-0.05, 0) is 60.2 Å². The second kappa shape index (κ2) is 12.5. The van der Waals surface area contributed by atoms with Crippen LogP contribution in [0.25, 0.3) is 0 Å². The number of amides is 1. The smallest absolute Gasteiger partial charge is 0.326 e. The number of aliphatic carboxylic acids is 1. The number of anilines is 1. The van der Waals surface area contributed by atoms with Crippen LogP contribution in [0, 0.1) is 5.41 Å². The molecule has 3 N–H and O–H groups in total. The van der Waals surface area contributed by atoms with Crippen LogP contribution in [0.4, 0.5) is 5.69 Å². The average Bonchev–Trinajstić information content (AvgIpc) is 3.16. The van der Waals surface area contributed by atoms with Crippen LogP contribution in [0.3, 0.4) is 0 Å². The van der Waals surface area contributed by atoms with E-state index in [0.717, 1.165) is 11.1 Å². The molecule has 0 aliphatic carbocycles. The second-order valence-corrected chi connectivity index (χ2v) is 10.5. The summed E-state index contributed by atoms with van der Waals surface area (Å²) in [5.41, 5.74) is 3.53. The maximum Gasteiger partial charge on any atom is 0.326 e. The van der Waals surface area contributed by atoms with Crippen LogP contribution in [-0.4, -0.2) is 66.8 Å². The molecule has 1 aliphatic rings. The van der Waals surface area contributed by atoms with Crippen molar-refractivity contribution in [3.8, 4) is 5.75 Å².